The number of carbonyl (C=O) groups is 3. The third-order valence-corrected chi connectivity index (χ3v) is 5.42. The van der Waals surface area contributed by atoms with Crippen LogP contribution in [0.4, 0.5) is 0 Å². The SMILES string of the molecule is CCOC(=O)C1=C(N)Oc2ccccc2C12C(=O)NC(C)=C2C(=O)OCc1ccccc1. The largest absolute Gasteiger partial charge is 0.462 e. The molecule has 32 heavy (non-hydrogen) atoms. The van der Waals surface area contributed by atoms with Crippen molar-refractivity contribution in [2.24, 2.45) is 5.73 Å². The number of ether oxygens (including phenoxy) is 3. The molecule has 0 saturated carbocycles. The van der Waals surface area contributed by atoms with Crippen molar-refractivity contribution in [3.05, 3.63) is 88.5 Å². The second-order valence-corrected chi connectivity index (χ2v) is 7.32. The number of amides is 1. The Kier molecular flexibility index (Phi) is 5.44. The van der Waals surface area contributed by atoms with E-state index in [1.807, 2.05) is 30.3 Å². The molecule has 1 spiro atoms. The van der Waals surface area contributed by atoms with E-state index in [-0.39, 0.29) is 41.7 Å². The summed E-state index contributed by atoms with van der Waals surface area (Å²) in [7, 11) is 0. The molecule has 1 amide bonds. The van der Waals surface area contributed by atoms with E-state index in [2.05, 4.69) is 5.32 Å². The molecule has 1 atom stereocenters. The maximum atomic E-state index is 13.5. The first-order chi connectivity index (χ1) is 15.4. The van der Waals surface area contributed by atoms with Crippen molar-refractivity contribution >= 4 is 17.8 Å². The minimum absolute atomic E-state index is 0.00714. The highest BCUT2D eigenvalue weighted by Gasteiger charge is 2.61. The maximum Gasteiger partial charge on any atom is 0.341 e. The van der Waals surface area contributed by atoms with Gasteiger partial charge in [0.1, 0.15) is 23.3 Å². The van der Waals surface area contributed by atoms with E-state index in [4.69, 9.17) is 19.9 Å². The van der Waals surface area contributed by atoms with Gasteiger partial charge in [-0.1, -0.05) is 48.5 Å². The molecule has 2 aliphatic rings. The minimum atomic E-state index is -1.86. The normalized spacial score (nSPS) is 19.4. The Balaban J connectivity index is 1.86. The van der Waals surface area contributed by atoms with Gasteiger partial charge in [0.15, 0.2) is 0 Å². The van der Waals surface area contributed by atoms with Gasteiger partial charge in [-0.3, -0.25) is 4.79 Å². The summed E-state index contributed by atoms with van der Waals surface area (Å²) in [6, 6.07) is 15.7. The van der Waals surface area contributed by atoms with Crippen molar-refractivity contribution in [1.29, 1.82) is 0 Å². The number of nitrogens with one attached hydrogen (secondary N) is 1. The molecular formula is C24H22N2O6. The first kappa shape index (κ1) is 21.2. The fourth-order valence-electron chi connectivity index (χ4n) is 4.13. The van der Waals surface area contributed by atoms with Crippen LogP contribution in [-0.2, 0) is 35.9 Å². The van der Waals surface area contributed by atoms with Crippen molar-refractivity contribution in [1.82, 2.24) is 5.32 Å². The van der Waals surface area contributed by atoms with Crippen LogP contribution < -0.4 is 15.8 Å². The molecule has 0 bridgehead atoms. The fourth-order valence-corrected chi connectivity index (χ4v) is 4.13. The predicted octanol–water partition coefficient (Wildman–Crippen LogP) is 2.20. The van der Waals surface area contributed by atoms with E-state index in [1.54, 1.807) is 38.1 Å². The van der Waals surface area contributed by atoms with Crippen LogP contribution >= 0.6 is 0 Å². The molecule has 164 valence electrons. The lowest BCUT2D eigenvalue weighted by molar-refractivity contribution is -0.143. The highest BCUT2D eigenvalue weighted by atomic mass is 16.5. The molecule has 8 nitrogen and oxygen atoms in total. The molecule has 0 radical (unpaired) electrons. The highest BCUT2D eigenvalue weighted by Crippen LogP contribution is 2.51. The lowest BCUT2D eigenvalue weighted by Crippen LogP contribution is -2.49. The average molecular weight is 434 g/mol. The number of benzene rings is 2. The monoisotopic (exact) mass is 434 g/mol. The number of hydrogen-bond acceptors (Lipinski definition) is 7. The molecule has 0 saturated heterocycles. The smallest absolute Gasteiger partial charge is 0.341 e. The van der Waals surface area contributed by atoms with Crippen LogP contribution in [-0.4, -0.2) is 24.5 Å². The summed E-state index contributed by atoms with van der Waals surface area (Å²) in [6.45, 7) is 3.24. The Hall–Kier alpha value is -4.07. The third-order valence-electron chi connectivity index (χ3n) is 5.42. The standard InChI is InChI=1S/C24H22N2O6/c1-3-30-22(28)19-20(25)32-17-12-8-7-11-16(17)24(19)18(14(2)26-23(24)29)21(27)31-13-15-9-5-4-6-10-15/h4-12H,3,13,25H2,1-2H3,(H,26,29). The molecule has 2 aliphatic heterocycles. The summed E-state index contributed by atoms with van der Waals surface area (Å²) >= 11 is 0. The average Bonchev–Trinajstić information content (AvgIpc) is 3.03. The van der Waals surface area contributed by atoms with E-state index in [0.717, 1.165) is 5.56 Å². The quantitative estimate of drug-likeness (QED) is 0.693. The van der Waals surface area contributed by atoms with Gasteiger partial charge in [-0.05, 0) is 25.5 Å². The predicted molar refractivity (Wildman–Crippen MR) is 114 cm³/mol. The van der Waals surface area contributed by atoms with Crippen LogP contribution in [0.5, 0.6) is 5.75 Å². The molecule has 3 N–H and O–H groups in total. The zero-order valence-corrected chi connectivity index (χ0v) is 17.6. The van der Waals surface area contributed by atoms with Crippen LogP contribution in [0.2, 0.25) is 0 Å². The topological polar surface area (TPSA) is 117 Å². The van der Waals surface area contributed by atoms with Crippen molar-refractivity contribution < 1.29 is 28.6 Å². The summed E-state index contributed by atoms with van der Waals surface area (Å²) in [6.07, 6.45) is 0. The van der Waals surface area contributed by atoms with Crippen LogP contribution in [0, 0.1) is 0 Å². The van der Waals surface area contributed by atoms with Gasteiger partial charge in [-0.15, -0.1) is 0 Å². The van der Waals surface area contributed by atoms with Crippen molar-refractivity contribution in [2.45, 2.75) is 25.9 Å². The Morgan fingerprint density at radius 2 is 1.66 bits per heavy atom. The number of fused-ring (bicyclic) bond motifs is 2. The van der Waals surface area contributed by atoms with Crippen molar-refractivity contribution in [3.8, 4) is 5.75 Å². The summed E-state index contributed by atoms with van der Waals surface area (Å²) < 4.78 is 16.4. The number of rotatable bonds is 5. The summed E-state index contributed by atoms with van der Waals surface area (Å²) in [4.78, 5) is 39.8. The van der Waals surface area contributed by atoms with Gasteiger partial charge in [0.05, 0.1) is 12.2 Å². The second-order valence-electron chi connectivity index (χ2n) is 7.32. The van der Waals surface area contributed by atoms with Crippen molar-refractivity contribution in [3.63, 3.8) is 0 Å². The molecule has 8 heteroatoms. The van der Waals surface area contributed by atoms with Crippen LogP contribution in [0.1, 0.15) is 25.0 Å². The van der Waals surface area contributed by atoms with Crippen LogP contribution in [0.25, 0.3) is 0 Å². The van der Waals surface area contributed by atoms with Crippen molar-refractivity contribution in [2.75, 3.05) is 6.61 Å². The van der Waals surface area contributed by atoms with Gasteiger partial charge in [-0.2, -0.15) is 0 Å². The second kappa shape index (κ2) is 8.22. The fraction of sp³-hybridized carbons (Fsp3) is 0.208. The first-order valence-corrected chi connectivity index (χ1v) is 10.1. The summed E-state index contributed by atoms with van der Waals surface area (Å²) in [5.41, 5.74) is 5.32. The third kappa shape index (κ3) is 3.20. The number of esters is 2. The molecule has 4 rings (SSSR count). The van der Waals surface area contributed by atoms with Gasteiger partial charge >= 0.3 is 11.9 Å². The number of hydrogen-bond donors (Lipinski definition) is 2. The molecule has 2 aromatic carbocycles. The highest BCUT2D eigenvalue weighted by molar-refractivity contribution is 6.17. The lowest BCUT2D eigenvalue weighted by Gasteiger charge is -2.35. The summed E-state index contributed by atoms with van der Waals surface area (Å²) in [5, 5.41) is 2.68. The first-order valence-electron chi connectivity index (χ1n) is 10.1. The van der Waals surface area contributed by atoms with E-state index < -0.39 is 23.3 Å². The molecule has 0 aliphatic carbocycles. The number of para-hydroxylation sites is 1. The van der Waals surface area contributed by atoms with E-state index >= 15 is 0 Å². The maximum absolute atomic E-state index is 13.5. The van der Waals surface area contributed by atoms with Crippen LogP contribution in [0.3, 0.4) is 0 Å². The zero-order valence-electron chi connectivity index (χ0n) is 17.6. The van der Waals surface area contributed by atoms with E-state index in [1.165, 1.54) is 0 Å². The number of allylic oxidation sites excluding steroid dienone is 1. The Morgan fingerprint density at radius 3 is 2.38 bits per heavy atom. The Labute approximate surface area is 184 Å². The zero-order chi connectivity index (χ0) is 22.9. The molecule has 2 aromatic rings. The number of carbonyl (C=O) groups excluding carboxylic acids is 3. The van der Waals surface area contributed by atoms with Gasteiger partial charge in [0.2, 0.25) is 11.8 Å². The van der Waals surface area contributed by atoms with E-state index in [9.17, 15) is 14.4 Å². The molecule has 1 unspecified atom stereocenters. The Bertz CT molecular complexity index is 1170. The molecule has 0 fully saturated rings. The molecule has 2 heterocycles. The van der Waals surface area contributed by atoms with Gasteiger partial charge in [0, 0.05) is 11.3 Å². The molecular weight excluding hydrogens is 412 g/mol. The molecule has 0 aromatic heterocycles. The van der Waals surface area contributed by atoms with E-state index in [0.29, 0.717) is 5.56 Å². The van der Waals surface area contributed by atoms with Gasteiger partial charge in [0.25, 0.3) is 0 Å². The Morgan fingerprint density at radius 1 is 1.00 bits per heavy atom. The lowest BCUT2D eigenvalue weighted by atomic mass is 9.67. The van der Waals surface area contributed by atoms with Crippen LogP contribution in [0.15, 0.2) is 77.3 Å². The number of nitrogens with two attached hydrogens (primary N) is 1. The minimum Gasteiger partial charge on any atom is -0.462 e. The van der Waals surface area contributed by atoms with Gasteiger partial charge in [-0.25, -0.2) is 9.59 Å². The van der Waals surface area contributed by atoms with Gasteiger partial charge < -0.3 is 25.3 Å². The summed E-state index contributed by atoms with van der Waals surface area (Å²) in [5.74, 6) is -2.26.